The first-order valence-corrected chi connectivity index (χ1v) is 8.93. The zero-order valence-corrected chi connectivity index (χ0v) is 15.6. The summed E-state index contributed by atoms with van der Waals surface area (Å²) in [6.45, 7) is 3.34. The monoisotopic (exact) mass is 351 g/mol. The third-order valence-electron chi connectivity index (χ3n) is 4.69. The summed E-state index contributed by atoms with van der Waals surface area (Å²) in [5, 5.41) is 0. The van der Waals surface area contributed by atoms with E-state index in [-0.39, 0.29) is 12.4 Å². The van der Waals surface area contributed by atoms with Crippen molar-refractivity contribution >= 4 is 17.1 Å². The number of benzene rings is 3. The first kappa shape index (κ1) is 19.2. The Morgan fingerprint density at radius 1 is 0.560 bits per heavy atom. The van der Waals surface area contributed by atoms with Crippen molar-refractivity contribution in [3.05, 3.63) is 91.0 Å². The third kappa shape index (κ3) is 4.12. The summed E-state index contributed by atoms with van der Waals surface area (Å²) >= 11 is 0. The largest absolute Gasteiger partial charge is 1.00 e. The second kappa shape index (κ2) is 9.41. The van der Waals surface area contributed by atoms with Crippen molar-refractivity contribution in [1.29, 1.82) is 0 Å². The normalized spacial score (nSPS) is 10.9. The van der Waals surface area contributed by atoms with Crippen LogP contribution in [0.5, 0.6) is 0 Å². The summed E-state index contributed by atoms with van der Waals surface area (Å²) in [6.07, 6.45) is 3.69. The highest BCUT2D eigenvalue weighted by atomic mass is 35.5. The number of unbranched alkanes of at least 4 members (excludes halogenated alkanes) is 2. The van der Waals surface area contributed by atoms with E-state index >= 15 is 0 Å². The fourth-order valence-electron chi connectivity index (χ4n) is 3.48. The number of nitrogens with zero attached hydrogens (tertiary/aromatic N) is 1. The fraction of sp³-hybridized carbons (Fsp3) is 0.217. The van der Waals surface area contributed by atoms with Crippen molar-refractivity contribution < 1.29 is 12.4 Å². The van der Waals surface area contributed by atoms with Gasteiger partial charge in [0.05, 0.1) is 6.54 Å². The van der Waals surface area contributed by atoms with Gasteiger partial charge in [-0.25, -0.2) is 4.48 Å². The molecule has 0 bridgehead atoms. The Balaban J connectivity index is 0.00000225. The first-order chi connectivity index (χ1) is 11.9. The Morgan fingerprint density at radius 3 is 1.24 bits per heavy atom. The van der Waals surface area contributed by atoms with E-state index in [0.29, 0.717) is 0 Å². The molecule has 0 radical (unpaired) electrons. The molecule has 0 unspecified atom stereocenters. The molecule has 0 aliphatic rings. The number of para-hydroxylation sites is 3. The second-order valence-electron chi connectivity index (χ2n) is 6.25. The van der Waals surface area contributed by atoms with Crippen molar-refractivity contribution in [3.63, 3.8) is 0 Å². The van der Waals surface area contributed by atoms with Gasteiger partial charge in [-0.3, -0.25) is 0 Å². The van der Waals surface area contributed by atoms with Crippen molar-refractivity contribution in [1.82, 2.24) is 4.48 Å². The molecule has 0 saturated carbocycles. The molecular weight excluding hydrogens is 326 g/mol. The minimum absolute atomic E-state index is 0. The molecule has 0 amide bonds. The number of quaternary nitrogens is 1. The molecule has 0 spiro atoms. The Hall–Kier alpha value is -2.09. The van der Waals surface area contributed by atoms with Gasteiger partial charge >= 0.3 is 0 Å². The van der Waals surface area contributed by atoms with Gasteiger partial charge in [0.25, 0.3) is 0 Å². The van der Waals surface area contributed by atoms with Crippen molar-refractivity contribution in [3.8, 4) is 0 Å². The molecule has 3 rings (SSSR count). The van der Waals surface area contributed by atoms with E-state index in [1.807, 2.05) is 0 Å². The zero-order chi connectivity index (χ0) is 16.7. The molecule has 130 valence electrons. The Bertz CT molecular complexity index is 629. The molecule has 3 aromatic carbocycles. The number of hydrogen-bond donors (Lipinski definition) is 0. The van der Waals surface area contributed by atoms with Crippen molar-refractivity contribution in [2.75, 3.05) is 6.54 Å². The van der Waals surface area contributed by atoms with Crippen LogP contribution in [0.3, 0.4) is 0 Å². The zero-order valence-electron chi connectivity index (χ0n) is 14.8. The lowest BCUT2D eigenvalue weighted by atomic mass is 10.1. The van der Waals surface area contributed by atoms with Crippen LogP contribution in [0.4, 0.5) is 17.1 Å². The molecule has 0 N–H and O–H groups in total. The first-order valence-electron chi connectivity index (χ1n) is 8.93. The van der Waals surface area contributed by atoms with Gasteiger partial charge in [-0.1, -0.05) is 67.9 Å². The van der Waals surface area contributed by atoms with Gasteiger partial charge in [-0.15, -0.1) is 0 Å². The maximum Gasteiger partial charge on any atom is 0.143 e. The summed E-state index contributed by atoms with van der Waals surface area (Å²) in [6, 6.07) is 32.7. The molecule has 0 aliphatic heterocycles. The average Bonchev–Trinajstić information content (AvgIpc) is 2.68. The molecule has 0 saturated heterocycles. The lowest BCUT2D eigenvalue weighted by molar-refractivity contribution is -0.00000481. The molecule has 3 aromatic rings. The lowest BCUT2D eigenvalue weighted by Gasteiger charge is -2.37. The Labute approximate surface area is 157 Å². The van der Waals surface area contributed by atoms with E-state index in [1.165, 1.54) is 36.3 Å². The van der Waals surface area contributed by atoms with E-state index in [4.69, 9.17) is 0 Å². The van der Waals surface area contributed by atoms with Crippen molar-refractivity contribution in [2.24, 2.45) is 0 Å². The second-order valence-corrected chi connectivity index (χ2v) is 6.25. The van der Waals surface area contributed by atoms with Crippen LogP contribution in [0.2, 0.25) is 0 Å². The molecule has 0 aromatic heterocycles. The molecule has 0 heterocycles. The number of halogens is 1. The molecule has 2 heteroatoms. The highest BCUT2D eigenvalue weighted by Gasteiger charge is 2.35. The molecule has 0 aliphatic carbocycles. The lowest BCUT2D eigenvalue weighted by Crippen LogP contribution is -3.00. The maximum absolute atomic E-state index is 2.27. The van der Waals surface area contributed by atoms with Gasteiger partial charge in [0.15, 0.2) is 0 Å². The summed E-state index contributed by atoms with van der Waals surface area (Å²) in [5.74, 6) is 0. The van der Waals surface area contributed by atoms with Crippen LogP contribution < -0.4 is 16.9 Å². The average molecular weight is 352 g/mol. The van der Waals surface area contributed by atoms with Gasteiger partial charge < -0.3 is 12.4 Å². The van der Waals surface area contributed by atoms with E-state index in [9.17, 15) is 0 Å². The van der Waals surface area contributed by atoms with E-state index in [1.54, 1.807) is 0 Å². The van der Waals surface area contributed by atoms with Crippen LogP contribution in [-0.4, -0.2) is 6.54 Å². The van der Waals surface area contributed by atoms with Crippen LogP contribution in [0.25, 0.3) is 0 Å². The minimum atomic E-state index is 0. The SMILES string of the molecule is CCCCC[N+](c1ccccc1)(c1ccccc1)c1ccccc1.[Cl-]. The van der Waals surface area contributed by atoms with Crippen LogP contribution in [0.1, 0.15) is 26.2 Å². The summed E-state index contributed by atoms with van der Waals surface area (Å²) in [5.41, 5.74) is 3.98. The predicted octanol–water partition coefficient (Wildman–Crippen LogP) is 3.85. The third-order valence-corrected chi connectivity index (χ3v) is 4.69. The number of hydrogen-bond acceptors (Lipinski definition) is 0. The predicted molar refractivity (Wildman–Crippen MR) is 105 cm³/mol. The van der Waals surface area contributed by atoms with E-state index < -0.39 is 0 Å². The van der Waals surface area contributed by atoms with Gasteiger partial charge in [0.1, 0.15) is 17.1 Å². The van der Waals surface area contributed by atoms with E-state index in [0.717, 1.165) is 11.0 Å². The smallest absolute Gasteiger partial charge is 0.143 e. The molecule has 1 nitrogen and oxygen atoms in total. The van der Waals surface area contributed by atoms with Gasteiger partial charge in [-0.2, -0.15) is 0 Å². The highest BCUT2D eigenvalue weighted by Crippen LogP contribution is 2.43. The topological polar surface area (TPSA) is 0 Å². The Morgan fingerprint density at radius 2 is 0.920 bits per heavy atom. The number of rotatable bonds is 7. The van der Waals surface area contributed by atoms with Gasteiger partial charge in [0, 0.05) is 0 Å². The van der Waals surface area contributed by atoms with Crippen LogP contribution in [-0.2, 0) is 0 Å². The van der Waals surface area contributed by atoms with Crippen LogP contribution >= 0.6 is 0 Å². The summed E-state index contributed by atoms with van der Waals surface area (Å²) in [4.78, 5) is 0. The molecule has 25 heavy (non-hydrogen) atoms. The fourth-order valence-corrected chi connectivity index (χ4v) is 3.48. The quantitative estimate of drug-likeness (QED) is 0.448. The molecular formula is C23H26ClN. The van der Waals surface area contributed by atoms with E-state index in [2.05, 4.69) is 97.9 Å². The summed E-state index contributed by atoms with van der Waals surface area (Å²) < 4.78 is 0.780. The molecule has 0 atom stereocenters. The summed E-state index contributed by atoms with van der Waals surface area (Å²) in [7, 11) is 0. The van der Waals surface area contributed by atoms with Crippen LogP contribution in [0.15, 0.2) is 91.0 Å². The van der Waals surface area contributed by atoms with Crippen molar-refractivity contribution in [2.45, 2.75) is 26.2 Å². The maximum atomic E-state index is 2.27. The Kier molecular flexibility index (Phi) is 7.24. The standard InChI is InChI=1S/C23H26N.ClH/c1-2-3-13-20-24(21-14-7-4-8-15-21,22-16-9-5-10-17-22)23-18-11-6-12-19-23;/h4-12,14-19H,2-3,13,20H2,1H3;1H/q+1;/p-1. The van der Waals surface area contributed by atoms with Crippen LogP contribution in [0, 0.1) is 0 Å². The highest BCUT2D eigenvalue weighted by molar-refractivity contribution is 5.70. The molecule has 0 fully saturated rings. The van der Waals surface area contributed by atoms with Gasteiger partial charge in [0.2, 0.25) is 0 Å². The van der Waals surface area contributed by atoms with Gasteiger partial charge in [-0.05, 0) is 49.2 Å². The minimum Gasteiger partial charge on any atom is -1.00 e.